The predicted molar refractivity (Wildman–Crippen MR) is 78.3 cm³/mol. The van der Waals surface area contributed by atoms with E-state index in [1.54, 1.807) is 18.7 Å². The lowest BCUT2D eigenvalue weighted by molar-refractivity contribution is 0.00549. The van der Waals surface area contributed by atoms with E-state index in [9.17, 15) is 0 Å². The molecule has 0 radical (unpaired) electrons. The van der Waals surface area contributed by atoms with Gasteiger partial charge in [-0.15, -0.1) is 0 Å². The summed E-state index contributed by atoms with van der Waals surface area (Å²) in [4.78, 5) is 12.6. The summed E-state index contributed by atoms with van der Waals surface area (Å²) >= 11 is 3.33. The SMILES string of the molecule is Cn1cncc1[C@@H]1C[C@H](Nc2ncc(Br)cn2)CCO1. The second-order valence-corrected chi connectivity index (χ2v) is 5.80. The highest BCUT2D eigenvalue weighted by Gasteiger charge is 2.26. The highest BCUT2D eigenvalue weighted by molar-refractivity contribution is 9.10. The van der Waals surface area contributed by atoms with Crippen LogP contribution in [0.1, 0.15) is 24.6 Å². The fourth-order valence-corrected chi connectivity index (χ4v) is 2.59. The zero-order valence-corrected chi connectivity index (χ0v) is 12.7. The lowest BCUT2D eigenvalue weighted by Crippen LogP contribution is -2.31. The Morgan fingerprint density at radius 2 is 2.15 bits per heavy atom. The molecule has 2 aromatic rings. The molecule has 7 heteroatoms. The van der Waals surface area contributed by atoms with Crippen molar-refractivity contribution in [2.45, 2.75) is 25.0 Å². The molecule has 1 saturated heterocycles. The maximum absolute atomic E-state index is 5.84. The minimum atomic E-state index is 0.0733. The third-order valence-electron chi connectivity index (χ3n) is 3.42. The molecule has 0 saturated carbocycles. The van der Waals surface area contributed by atoms with Crippen molar-refractivity contribution >= 4 is 21.9 Å². The molecule has 6 nitrogen and oxygen atoms in total. The number of hydrogen-bond donors (Lipinski definition) is 1. The average Bonchev–Trinajstić information content (AvgIpc) is 2.88. The molecular weight excluding hydrogens is 322 g/mol. The standard InChI is InChI=1S/C13H16BrN5O/c1-19-8-15-7-11(19)12-4-10(2-3-20-12)18-13-16-5-9(14)6-17-13/h5-8,10,12H,2-4H2,1H3,(H,16,17,18)/t10-,12+/m1/s1. The van der Waals surface area contributed by atoms with Gasteiger partial charge in [0.05, 0.1) is 22.7 Å². The highest BCUT2D eigenvalue weighted by atomic mass is 79.9. The predicted octanol–water partition coefficient (Wildman–Crippen LogP) is 2.30. The molecule has 106 valence electrons. The maximum atomic E-state index is 5.84. The molecule has 0 bridgehead atoms. The van der Waals surface area contributed by atoms with Crippen LogP contribution in [0.25, 0.3) is 0 Å². The number of aryl methyl sites for hydroxylation is 1. The minimum Gasteiger partial charge on any atom is -0.372 e. The van der Waals surface area contributed by atoms with Gasteiger partial charge >= 0.3 is 0 Å². The average molecular weight is 338 g/mol. The fourth-order valence-electron chi connectivity index (χ4n) is 2.38. The topological polar surface area (TPSA) is 64.9 Å². The van der Waals surface area contributed by atoms with Crippen molar-refractivity contribution in [2.24, 2.45) is 7.05 Å². The molecular formula is C13H16BrN5O. The summed E-state index contributed by atoms with van der Waals surface area (Å²) in [5, 5.41) is 3.37. The van der Waals surface area contributed by atoms with E-state index in [-0.39, 0.29) is 6.10 Å². The third kappa shape index (κ3) is 2.99. The van der Waals surface area contributed by atoms with Crippen LogP contribution in [0.3, 0.4) is 0 Å². The quantitative estimate of drug-likeness (QED) is 0.930. The van der Waals surface area contributed by atoms with Gasteiger partial charge in [-0.2, -0.15) is 0 Å². The lowest BCUT2D eigenvalue weighted by atomic mass is 10.0. The summed E-state index contributed by atoms with van der Waals surface area (Å²) in [5.41, 5.74) is 1.10. The van der Waals surface area contributed by atoms with E-state index in [4.69, 9.17) is 4.74 Å². The zero-order valence-electron chi connectivity index (χ0n) is 11.2. The number of aromatic nitrogens is 4. The van der Waals surface area contributed by atoms with Crippen LogP contribution >= 0.6 is 15.9 Å². The van der Waals surface area contributed by atoms with Gasteiger partial charge in [0.2, 0.25) is 5.95 Å². The van der Waals surface area contributed by atoms with E-state index < -0.39 is 0 Å². The van der Waals surface area contributed by atoms with E-state index in [1.165, 1.54) is 0 Å². The zero-order chi connectivity index (χ0) is 13.9. The first-order valence-corrected chi connectivity index (χ1v) is 7.33. The molecule has 3 rings (SSSR count). The highest BCUT2D eigenvalue weighted by Crippen LogP contribution is 2.28. The normalized spacial score (nSPS) is 22.7. The Kier molecular flexibility index (Phi) is 3.98. The van der Waals surface area contributed by atoms with Crippen LogP contribution in [0.15, 0.2) is 29.4 Å². The number of halogens is 1. The van der Waals surface area contributed by atoms with Crippen molar-refractivity contribution in [1.29, 1.82) is 0 Å². The van der Waals surface area contributed by atoms with Crippen molar-refractivity contribution < 1.29 is 4.74 Å². The van der Waals surface area contributed by atoms with Gasteiger partial charge in [0.1, 0.15) is 6.10 Å². The molecule has 1 aliphatic heterocycles. The van der Waals surface area contributed by atoms with Crippen molar-refractivity contribution in [3.8, 4) is 0 Å². The van der Waals surface area contributed by atoms with Crippen LogP contribution in [0.4, 0.5) is 5.95 Å². The van der Waals surface area contributed by atoms with Gasteiger partial charge in [-0.3, -0.25) is 0 Å². The van der Waals surface area contributed by atoms with E-state index in [0.717, 1.165) is 29.6 Å². The molecule has 20 heavy (non-hydrogen) atoms. The number of hydrogen-bond acceptors (Lipinski definition) is 5. The fraction of sp³-hybridized carbons (Fsp3) is 0.462. The van der Waals surface area contributed by atoms with Gasteiger partial charge in [-0.05, 0) is 28.8 Å². The third-order valence-corrected chi connectivity index (χ3v) is 3.83. The second kappa shape index (κ2) is 5.88. The van der Waals surface area contributed by atoms with Gasteiger partial charge in [-0.25, -0.2) is 15.0 Å². The number of imidazole rings is 1. The Morgan fingerprint density at radius 1 is 1.35 bits per heavy atom. The Hall–Kier alpha value is -1.47. The van der Waals surface area contributed by atoms with Crippen LogP contribution in [0.2, 0.25) is 0 Å². The van der Waals surface area contributed by atoms with Gasteiger partial charge < -0.3 is 14.6 Å². The van der Waals surface area contributed by atoms with Crippen molar-refractivity contribution in [3.05, 3.63) is 35.1 Å². The molecule has 1 aliphatic rings. The molecule has 1 fully saturated rings. The largest absolute Gasteiger partial charge is 0.372 e. The Morgan fingerprint density at radius 3 is 2.85 bits per heavy atom. The van der Waals surface area contributed by atoms with Crippen molar-refractivity contribution in [1.82, 2.24) is 19.5 Å². The Labute approximate surface area is 125 Å². The summed E-state index contributed by atoms with van der Waals surface area (Å²) in [5.74, 6) is 0.656. The smallest absolute Gasteiger partial charge is 0.222 e. The van der Waals surface area contributed by atoms with Gasteiger partial charge in [0, 0.05) is 32.1 Å². The first-order chi connectivity index (χ1) is 9.72. The number of anilines is 1. The molecule has 2 atom stereocenters. The summed E-state index contributed by atoms with van der Waals surface area (Å²) < 4.78 is 8.72. The first kappa shape index (κ1) is 13.5. The number of rotatable bonds is 3. The van der Waals surface area contributed by atoms with Gasteiger partial charge in [0.25, 0.3) is 0 Å². The molecule has 0 aliphatic carbocycles. The molecule has 0 spiro atoms. The molecule has 2 aromatic heterocycles. The molecule has 0 amide bonds. The van der Waals surface area contributed by atoms with Crippen LogP contribution < -0.4 is 5.32 Å². The summed E-state index contributed by atoms with van der Waals surface area (Å²) in [7, 11) is 1.99. The van der Waals surface area contributed by atoms with E-state index in [1.807, 2.05) is 17.8 Å². The number of nitrogens with zero attached hydrogens (tertiary/aromatic N) is 4. The second-order valence-electron chi connectivity index (χ2n) is 4.88. The number of ether oxygens (including phenoxy) is 1. The molecule has 3 heterocycles. The molecule has 0 unspecified atom stereocenters. The minimum absolute atomic E-state index is 0.0733. The van der Waals surface area contributed by atoms with Crippen molar-refractivity contribution in [2.75, 3.05) is 11.9 Å². The number of nitrogens with one attached hydrogen (secondary N) is 1. The maximum Gasteiger partial charge on any atom is 0.222 e. The van der Waals surface area contributed by atoms with E-state index >= 15 is 0 Å². The lowest BCUT2D eigenvalue weighted by Gasteiger charge is -2.30. The van der Waals surface area contributed by atoms with E-state index in [2.05, 4.69) is 36.2 Å². The molecule has 1 N–H and O–H groups in total. The molecule has 0 aromatic carbocycles. The summed E-state index contributed by atoms with van der Waals surface area (Å²) in [6, 6.07) is 0.310. The van der Waals surface area contributed by atoms with Gasteiger partial charge in [-0.1, -0.05) is 0 Å². The van der Waals surface area contributed by atoms with Crippen LogP contribution in [-0.2, 0) is 11.8 Å². The Bertz CT molecular complexity index is 570. The first-order valence-electron chi connectivity index (χ1n) is 6.54. The van der Waals surface area contributed by atoms with E-state index in [0.29, 0.717) is 12.0 Å². The summed E-state index contributed by atoms with van der Waals surface area (Å²) in [6.45, 7) is 0.726. The van der Waals surface area contributed by atoms with Crippen LogP contribution in [-0.4, -0.2) is 32.2 Å². The monoisotopic (exact) mass is 337 g/mol. The van der Waals surface area contributed by atoms with Crippen LogP contribution in [0, 0.1) is 0 Å². The Balaban J connectivity index is 1.66. The summed E-state index contributed by atoms with van der Waals surface area (Å²) in [6.07, 6.45) is 9.06. The van der Waals surface area contributed by atoms with Gasteiger partial charge in [0.15, 0.2) is 0 Å². The van der Waals surface area contributed by atoms with Crippen molar-refractivity contribution in [3.63, 3.8) is 0 Å². The van der Waals surface area contributed by atoms with Crippen LogP contribution in [0.5, 0.6) is 0 Å².